The van der Waals surface area contributed by atoms with Gasteiger partial charge in [0.2, 0.25) is 0 Å². The van der Waals surface area contributed by atoms with Crippen molar-refractivity contribution in [1.82, 2.24) is 4.98 Å². The van der Waals surface area contributed by atoms with Gasteiger partial charge in [-0.3, -0.25) is 4.98 Å². The number of methoxy groups -OCH3 is 1. The molecule has 2 aromatic rings. The Labute approximate surface area is 113 Å². The normalized spacial score (nSPS) is 11.4. The van der Waals surface area contributed by atoms with Crippen LogP contribution in [-0.4, -0.2) is 17.2 Å². The Bertz CT molecular complexity index is 594. The van der Waals surface area contributed by atoms with Crippen LogP contribution in [0, 0.1) is 0 Å². The van der Waals surface area contributed by atoms with E-state index in [1.54, 1.807) is 18.2 Å². The zero-order valence-electron chi connectivity index (χ0n) is 10.6. The zero-order chi connectivity index (χ0) is 14.8. The lowest BCUT2D eigenvalue weighted by Gasteiger charge is -2.11. The summed E-state index contributed by atoms with van der Waals surface area (Å²) in [6.45, 7) is -0.137. The molecule has 20 heavy (non-hydrogen) atoms. The van der Waals surface area contributed by atoms with E-state index in [2.05, 4.69) is 4.98 Å². The van der Waals surface area contributed by atoms with Crippen LogP contribution in [0.1, 0.15) is 11.3 Å². The number of aromatic nitrogens is 1. The standard InChI is InChI=1S/C14H12F3NO2/c1-20-12-6-9(8-19)2-4-11(12)10-3-5-13(18-7-10)14(15,16)17/h2-7,19H,8H2,1H3. The summed E-state index contributed by atoms with van der Waals surface area (Å²) in [6, 6.07) is 7.25. The molecule has 1 heterocycles. The summed E-state index contributed by atoms with van der Waals surface area (Å²) in [5.74, 6) is 0.470. The molecule has 0 saturated carbocycles. The predicted octanol–water partition coefficient (Wildman–Crippen LogP) is 3.27. The maximum atomic E-state index is 12.5. The van der Waals surface area contributed by atoms with Crippen molar-refractivity contribution in [2.45, 2.75) is 12.8 Å². The molecule has 0 atom stereocenters. The fourth-order valence-electron chi connectivity index (χ4n) is 1.79. The maximum absolute atomic E-state index is 12.5. The SMILES string of the molecule is COc1cc(CO)ccc1-c1ccc(C(F)(F)F)nc1. The predicted molar refractivity (Wildman–Crippen MR) is 67.1 cm³/mol. The van der Waals surface area contributed by atoms with Crippen LogP contribution in [0.2, 0.25) is 0 Å². The molecule has 0 aliphatic rings. The molecule has 3 nitrogen and oxygen atoms in total. The molecule has 6 heteroatoms. The van der Waals surface area contributed by atoms with Crippen LogP contribution in [0.3, 0.4) is 0 Å². The molecule has 0 aliphatic heterocycles. The van der Waals surface area contributed by atoms with Gasteiger partial charge in [-0.15, -0.1) is 0 Å². The lowest BCUT2D eigenvalue weighted by atomic mass is 10.0. The molecular weight excluding hydrogens is 271 g/mol. The Morgan fingerprint density at radius 2 is 1.95 bits per heavy atom. The number of pyridine rings is 1. The lowest BCUT2D eigenvalue weighted by molar-refractivity contribution is -0.141. The molecule has 0 saturated heterocycles. The van der Waals surface area contributed by atoms with Gasteiger partial charge >= 0.3 is 6.18 Å². The maximum Gasteiger partial charge on any atom is 0.433 e. The van der Waals surface area contributed by atoms with Gasteiger partial charge in [-0.05, 0) is 17.7 Å². The minimum absolute atomic E-state index is 0.137. The van der Waals surface area contributed by atoms with E-state index in [0.29, 0.717) is 22.4 Å². The van der Waals surface area contributed by atoms with Gasteiger partial charge in [0, 0.05) is 17.3 Å². The number of nitrogens with zero attached hydrogens (tertiary/aromatic N) is 1. The highest BCUT2D eigenvalue weighted by Crippen LogP contribution is 2.33. The quantitative estimate of drug-likeness (QED) is 0.940. The largest absolute Gasteiger partial charge is 0.496 e. The number of benzene rings is 1. The van der Waals surface area contributed by atoms with Gasteiger partial charge in [-0.1, -0.05) is 18.2 Å². The van der Waals surface area contributed by atoms with Crippen molar-refractivity contribution in [3.8, 4) is 16.9 Å². The first-order chi connectivity index (χ1) is 9.45. The van der Waals surface area contributed by atoms with Crippen molar-refractivity contribution in [1.29, 1.82) is 0 Å². The monoisotopic (exact) mass is 283 g/mol. The van der Waals surface area contributed by atoms with Gasteiger partial charge in [0.1, 0.15) is 11.4 Å². The van der Waals surface area contributed by atoms with Gasteiger partial charge in [0.15, 0.2) is 0 Å². The molecule has 0 unspecified atom stereocenters. The van der Waals surface area contributed by atoms with E-state index in [0.717, 1.165) is 12.3 Å². The molecule has 0 spiro atoms. The van der Waals surface area contributed by atoms with Crippen LogP contribution in [0.25, 0.3) is 11.1 Å². The number of halogens is 3. The first-order valence-electron chi connectivity index (χ1n) is 5.77. The number of aliphatic hydroxyl groups excluding tert-OH is 1. The van der Waals surface area contributed by atoms with E-state index in [1.807, 2.05) is 0 Å². The number of ether oxygens (including phenoxy) is 1. The minimum Gasteiger partial charge on any atom is -0.496 e. The molecule has 106 valence electrons. The molecule has 0 radical (unpaired) electrons. The fourth-order valence-corrected chi connectivity index (χ4v) is 1.79. The number of aliphatic hydroxyl groups is 1. The summed E-state index contributed by atoms with van der Waals surface area (Å²) in [5.41, 5.74) is 0.850. The Hall–Kier alpha value is -2.08. The van der Waals surface area contributed by atoms with Crippen molar-refractivity contribution in [2.75, 3.05) is 7.11 Å². The van der Waals surface area contributed by atoms with Crippen molar-refractivity contribution in [2.24, 2.45) is 0 Å². The summed E-state index contributed by atoms with van der Waals surface area (Å²) in [4.78, 5) is 3.41. The Balaban J connectivity index is 2.41. The van der Waals surface area contributed by atoms with Gasteiger partial charge in [0.25, 0.3) is 0 Å². The van der Waals surface area contributed by atoms with E-state index in [9.17, 15) is 13.2 Å². The summed E-state index contributed by atoms with van der Waals surface area (Å²) in [5, 5.41) is 9.05. The Morgan fingerprint density at radius 1 is 1.20 bits per heavy atom. The third-order valence-corrected chi connectivity index (χ3v) is 2.81. The molecule has 0 bridgehead atoms. The highest BCUT2D eigenvalue weighted by Gasteiger charge is 2.32. The van der Waals surface area contributed by atoms with E-state index >= 15 is 0 Å². The second kappa shape index (κ2) is 5.50. The smallest absolute Gasteiger partial charge is 0.433 e. The Morgan fingerprint density at radius 3 is 2.45 bits per heavy atom. The second-order valence-electron chi connectivity index (χ2n) is 4.12. The molecular formula is C14H12F3NO2. The van der Waals surface area contributed by atoms with Gasteiger partial charge in [0.05, 0.1) is 13.7 Å². The lowest BCUT2D eigenvalue weighted by Crippen LogP contribution is -2.07. The molecule has 0 amide bonds. The van der Waals surface area contributed by atoms with Crippen molar-refractivity contribution >= 4 is 0 Å². The third-order valence-electron chi connectivity index (χ3n) is 2.81. The highest BCUT2D eigenvalue weighted by molar-refractivity contribution is 5.70. The average molecular weight is 283 g/mol. The van der Waals surface area contributed by atoms with E-state index in [-0.39, 0.29) is 6.61 Å². The average Bonchev–Trinajstić information content (AvgIpc) is 2.45. The van der Waals surface area contributed by atoms with Crippen LogP contribution < -0.4 is 4.74 Å². The summed E-state index contributed by atoms with van der Waals surface area (Å²) in [7, 11) is 1.46. The summed E-state index contributed by atoms with van der Waals surface area (Å²) >= 11 is 0. The summed E-state index contributed by atoms with van der Waals surface area (Å²) in [6.07, 6.45) is -3.30. The van der Waals surface area contributed by atoms with Crippen molar-refractivity contribution < 1.29 is 23.0 Å². The molecule has 1 aromatic carbocycles. The van der Waals surface area contributed by atoms with Crippen LogP contribution in [0.5, 0.6) is 5.75 Å². The van der Waals surface area contributed by atoms with Gasteiger partial charge in [-0.2, -0.15) is 13.2 Å². The summed E-state index contributed by atoms with van der Waals surface area (Å²) < 4.78 is 42.5. The van der Waals surface area contributed by atoms with Crippen molar-refractivity contribution in [3.05, 3.63) is 47.8 Å². The second-order valence-corrected chi connectivity index (χ2v) is 4.12. The number of alkyl halides is 3. The Kier molecular flexibility index (Phi) is 3.94. The van der Waals surface area contributed by atoms with Gasteiger partial charge in [-0.25, -0.2) is 0 Å². The van der Waals surface area contributed by atoms with Crippen LogP contribution >= 0.6 is 0 Å². The zero-order valence-corrected chi connectivity index (χ0v) is 10.6. The first-order valence-corrected chi connectivity index (χ1v) is 5.77. The molecule has 1 N–H and O–H groups in total. The highest BCUT2D eigenvalue weighted by atomic mass is 19.4. The van der Waals surface area contributed by atoms with Gasteiger partial charge < -0.3 is 9.84 Å². The van der Waals surface area contributed by atoms with Crippen LogP contribution in [-0.2, 0) is 12.8 Å². The molecule has 1 aromatic heterocycles. The minimum atomic E-state index is -4.45. The number of rotatable bonds is 3. The van der Waals surface area contributed by atoms with Crippen LogP contribution in [0.4, 0.5) is 13.2 Å². The van der Waals surface area contributed by atoms with Crippen molar-refractivity contribution in [3.63, 3.8) is 0 Å². The van der Waals surface area contributed by atoms with E-state index in [1.165, 1.54) is 13.2 Å². The third kappa shape index (κ3) is 2.91. The molecule has 0 fully saturated rings. The number of hydrogen-bond acceptors (Lipinski definition) is 3. The van der Waals surface area contributed by atoms with Crippen LogP contribution in [0.15, 0.2) is 36.5 Å². The topological polar surface area (TPSA) is 42.4 Å². The fraction of sp³-hybridized carbons (Fsp3) is 0.214. The first kappa shape index (κ1) is 14.3. The van der Waals surface area contributed by atoms with E-state index < -0.39 is 11.9 Å². The molecule has 2 rings (SSSR count). The van der Waals surface area contributed by atoms with E-state index in [4.69, 9.17) is 9.84 Å². The molecule has 0 aliphatic carbocycles. The number of hydrogen-bond donors (Lipinski definition) is 1.